The summed E-state index contributed by atoms with van der Waals surface area (Å²) in [6, 6.07) is 14.4. The third-order valence-corrected chi connectivity index (χ3v) is 7.14. The molecule has 2 aromatic carbocycles. The molecule has 0 amide bonds. The molecule has 0 unspecified atom stereocenters. The molecule has 3 aromatic rings. The Morgan fingerprint density at radius 2 is 1.87 bits per heavy atom. The molecule has 1 aliphatic heterocycles. The summed E-state index contributed by atoms with van der Waals surface area (Å²) in [5.41, 5.74) is 1.85. The Hall–Kier alpha value is -2.71. The van der Waals surface area contributed by atoms with Crippen molar-refractivity contribution in [1.82, 2.24) is 14.4 Å². The van der Waals surface area contributed by atoms with Crippen LogP contribution in [0.3, 0.4) is 0 Å². The van der Waals surface area contributed by atoms with Gasteiger partial charge in [0, 0.05) is 18.7 Å². The van der Waals surface area contributed by atoms with Gasteiger partial charge in [-0.25, -0.2) is 8.42 Å². The van der Waals surface area contributed by atoms with Crippen molar-refractivity contribution in [3.05, 3.63) is 60.0 Å². The number of rotatable bonds is 6. The number of hydrogen-bond acceptors (Lipinski definition) is 6. The molecular formula is C22H25N3O4S. The Balaban J connectivity index is 1.50. The Morgan fingerprint density at radius 1 is 1.13 bits per heavy atom. The lowest BCUT2D eigenvalue weighted by atomic mass is 10.00. The van der Waals surface area contributed by atoms with Gasteiger partial charge in [0.05, 0.1) is 17.4 Å². The topological polar surface area (TPSA) is 85.5 Å². The van der Waals surface area contributed by atoms with Crippen LogP contribution < -0.4 is 4.74 Å². The predicted molar refractivity (Wildman–Crippen MR) is 113 cm³/mol. The van der Waals surface area contributed by atoms with E-state index in [4.69, 9.17) is 9.26 Å². The molecule has 7 nitrogen and oxygen atoms in total. The van der Waals surface area contributed by atoms with Gasteiger partial charge in [0.15, 0.2) is 0 Å². The van der Waals surface area contributed by atoms with Crippen molar-refractivity contribution < 1.29 is 17.7 Å². The normalized spacial score (nSPS) is 17.7. The van der Waals surface area contributed by atoms with Crippen molar-refractivity contribution in [3.8, 4) is 17.1 Å². The number of sulfonamides is 1. The second-order valence-electron chi connectivity index (χ2n) is 7.43. The highest BCUT2D eigenvalue weighted by Crippen LogP contribution is 2.31. The minimum atomic E-state index is -3.55. The van der Waals surface area contributed by atoms with Crippen LogP contribution in [0.4, 0.5) is 0 Å². The van der Waals surface area contributed by atoms with Gasteiger partial charge in [0.1, 0.15) is 5.75 Å². The highest BCUT2D eigenvalue weighted by molar-refractivity contribution is 7.89. The smallest absolute Gasteiger partial charge is 0.243 e. The van der Waals surface area contributed by atoms with E-state index in [1.165, 1.54) is 4.31 Å². The summed E-state index contributed by atoms with van der Waals surface area (Å²) in [7, 11) is -3.55. The number of benzene rings is 2. The van der Waals surface area contributed by atoms with Gasteiger partial charge in [-0.1, -0.05) is 22.9 Å². The van der Waals surface area contributed by atoms with Gasteiger partial charge in [-0.15, -0.1) is 0 Å². The SMILES string of the molecule is CCOc1ccc(-c2noc([C@@H]3CCCN(S(=O)(=O)c4ccc(C)cc4)C3)n2)cc1. The monoisotopic (exact) mass is 427 g/mol. The molecule has 8 heteroatoms. The van der Waals surface area contributed by atoms with Crippen molar-refractivity contribution in [1.29, 1.82) is 0 Å². The fourth-order valence-corrected chi connectivity index (χ4v) is 5.13. The van der Waals surface area contributed by atoms with Crippen molar-refractivity contribution in [2.75, 3.05) is 19.7 Å². The van der Waals surface area contributed by atoms with Crippen LogP contribution in [0.2, 0.25) is 0 Å². The molecule has 0 spiro atoms. The molecular weight excluding hydrogens is 402 g/mol. The predicted octanol–water partition coefficient (Wildman–Crippen LogP) is 4.01. The Kier molecular flexibility index (Phi) is 5.87. The van der Waals surface area contributed by atoms with Gasteiger partial charge in [0.25, 0.3) is 0 Å². The number of aromatic nitrogens is 2. The summed E-state index contributed by atoms with van der Waals surface area (Å²) in [4.78, 5) is 4.85. The van der Waals surface area contributed by atoms with Gasteiger partial charge >= 0.3 is 0 Å². The fourth-order valence-electron chi connectivity index (χ4n) is 3.61. The van der Waals surface area contributed by atoms with Gasteiger partial charge in [-0.3, -0.25) is 0 Å². The molecule has 30 heavy (non-hydrogen) atoms. The maximum Gasteiger partial charge on any atom is 0.243 e. The van der Waals surface area contributed by atoms with Crippen LogP contribution in [-0.4, -0.2) is 42.6 Å². The zero-order valence-corrected chi connectivity index (χ0v) is 17.9. The maximum atomic E-state index is 13.0. The first kappa shape index (κ1) is 20.6. The van der Waals surface area contributed by atoms with Crippen LogP contribution in [0.25, 0.3) is 11.4 Å². The summed E-state index contributed by atoms with van der Waals surface area (Å²) in [5, 5.41) is 4.10. The lowest BCUT2D eigenvalue weighted by Crippen LogP contribution is -2.39. The Morgan fingerprint density at radius 3 is 2.57 bits per heavy atom. The highest BCUT2D eigenvalue weighted by atomic mass is 32.2. The highest BCUT2D eigenvalue weighted by Gasteiger charge is 2.33. The van der Waals surface area contributed by atoms with E-state index in [0.717, 1.165) is 29.7 Å². The minimum absolute atomic E-state index is 0.122. The summed E-state index contributed by atoms with van der Waals surface area (Å²) in [6.45, 7) is 5.31. The van der Waals surface area contributed by atoms with Gasteiger partial charge in [0.2, 0.25) is 21.7 Å². The third kappa shape index (κ3) is 4.24. The van der Waals surface area contributed by atoms with E-state index in [9.17, 15) is 8.42 Å². The van der Waals surface area contributed by atoms with Crippen molar-refractivity contribution in [2.24, 2.45) is 0 Å². The second kappa shape index (κ2) is 8.57. The maximum absolute atomic E-state index is 13.0. The van der Waals surface area contributed by atoms with E-state index in [-0.39, 0.29) is 5.92 Å². The summed E-state index contributed by atoms with van der Waals surface area (Å²) in [5.74, 6) is 1.63. The first-order valence-corrected chi connectivity index (χ1v) is 11.5. The molecule has 4 rings (SSSR count). The summed E-state index contributed by atoms with van der Waals surface area (Å²) >= 11 is 0. The van der Waals surface area contributed by atoms with E-state index >= 15 is 0 Å². The Bertz CT molecular complexity index is 1090. The molecule has 1 atom stereocenters. The number of aryl methyl sites for hydroxylation is 1. The minimum Gasteiger partial charge on any atom is -0.494 e. The van der Waals surface area contributed by atoms with E-state index in [1.807, 2.05) is 50.2 Å². The number of piperidine rings is 1. The van der Waals surface area contributed by atoms with Crippen LogP contribution in [0, 0.1) is 6.92 Å². The first-order chi connectivity index (χ1) is 14.5. The molecule has 0 saturated carbocycles. The molecule has 0 radical (unpaired) electrons. The summed E-state index contributed by atoms with van der Waals surface area (Å²) in [6.07, 6.45) is 1.56. The van der Waals surface area contributed by atoms with Crippen LogP contribution in [0.1, 0.15) is 37.1 Å². The van der Waals surface area contributed by atoms with Crippen LogP contribution in [0.15, 0.2) is 57.9 Å². The first-order valence-electron chi connectivity index (χ1n) is 10.1. The van der Waals surface area contributed by atoms with Crippen molar-refractivity contribution in [2.45, 2.75) is 37.5 Å². The second-order valence-corrected chi connectivity index (χ2v) is 9.37. The Labute approximate surface area is 176 Å². The van der Waals surface area contributed by atoms with E-state index in [1.54, 1.807) is 12.1 Å². The van der Waals surface area contributed by atoms with Crippen molar-refractivity contribution in [3.63, 3.8) is 0 Å². The lowest BCUT2D eigenvalue weighted by Gasteiger charge is -2.30. The number of hydrogen-bond donors (Lipinski definition) is 0. The van der Waals surface area contributed by atoms with Crippen molar-refractivity contribution >= 4 is 10.0 Å². The molecule has 0 N–H and O–H groups in total. The van der Waals surface area contributed by atoms with E-state index in [2.05, 4.69) is 10.1 Å². The molecule has 0 bridgehead atoms. The fraction of sp³-hybridized carbons (Fsp3) is 0.364. The van der Waals surface area contributed by atoms with Gasteiger partial charge in [-0.2, -0.15) is 9.29 Å². The molecule has 1 aromatic heterocycles. The van der Waals surface area contributed by atoms with Crippen LogP contribution in [0.5, 0.6) is 5.75 Å². The average molecular weight is 428 g/mol. The number of ether oxygens (including phenoxy) is 1. The lowest BCUT2D eigenvalue weighted by molar-refractivity contribution is 0.265. The van der Waals surface area contributed by atoms with Gasteiger partial charge in [-0.05, 0) is 63.1 Å². The third-order valence-electron chi connectivity index (χ3n) is 5.26. The standard InChI is InChI=1S/C22H25N3O4S/c1-3-28-19-10-8-17(9-11-19)21-23-22(29-24-21)18-5-4-14-25(15-18)30(26,27)20-12-6-16(2)7-13-20/h6-13,18H,3-5,14-15H2,1-2H3/t18-/m1/s1. The van der Waals surface area contributed by atoms with E-state index < -0.39 is 10.0 Å². The molecule has 158 valence electrons. The number of nitrogens with zero attached hydrogens (tertiary/aromatic N) is 3. The zero-order valence-electron chi connectivity index (χ0n) is 17.1. The largest absolute Gasteiger partial charge is 0.494 e. The zero-order chi connectivity index (χ0) is 21.1. The quantitative estimate of drug-likeness (QED) is 0.591. The molecule has 1 aliphatic rings. The molecule has 0 aliphatic carbocycles. The molecule has 2 heterocycles. The molecule has 1 saturated heterocycles. The molecule has 1 fully saturated rings. The van der Waals surface area contributed by atoms with Crippen LogP contribution >= 0.6 is 0 Å². The summed E-state index contributed by atoms with van der Waals surface area (Å²) < 4.78 is 38.6. The average Bonchev–Trinajstić information content (AvgIpc) is 3.25. The van der Waals surface area contributed by atoms with E-state index in [0.29, 0.717) is 36.3 Å². The van der Waals surface area contributed by atoms with Gasteiger partial charge < -0.3 is 9.26 Å². The van der Waals surface area contributed by atoms with Crippen LogP contribution in [-0.2, 0) is 10.0 Å².